The molecule has 0 radical (unpaired) electrons. The van der Waals surface area contributed by atoms with Gasteiger partial charge in [-0.05, 0) is 58.4 Å². The summed E-state index contributed by atoms with van der Waals surface area (Å²) in [6.45, 7) is 18.4. The highest BCUT2D eigenvalue weighted by molar-refractivity contribution is 7.58. The van der Waals surface area contributed by atoms with Gasteiger partial charge in [0.2, 0.25) is 0 Å². The number of hydrogen-bond acceptors (Lipinski definition) is 0. The average molecular weight is 324 g/mol. The second kappa shape index (κ2) is 20.1. The van der Waals surface area contributed by atoms with Crippen LogP contribution in [-0.2, 0) is 12.6 Å². The fourth-order valence-electron chi connectivity index (χ4n) is 1.40. The molecule has 1 aliphatic rings. The monoisotopic (exact) mass is 323 g/mol. The van der Waals surface area contributed by atoms with E-state index in [2.05, 4.69) is 57.7 Å². The molecule has 0 saturated carbocycles. The SMILES string of the molecule is CC.CC.CC.CC1=CC=C(C)CC1.Cc1ccc([SH2+])cc1. The maximum absolute atomic E-state index is 3.39. The van der Waals surface area contributed by atoms with E-state index in [0.29, 0.717) is 0 Å². The molecule has 0 saturated heterocycles. The third-order valence-electron chi connectivity index (χ3n) is 2.62. The molecular weight excluding hydrogens is 284 g/mol. The van der Waals surface area contributed by atoms with Gasteiger partial charge in [-0.3, -0.25) is 0 Å². The summed E-state index contributed by atoms with van der Waals surface area (Å²) >= 11 is 3.39. The Hall–Kier alpha value is -0.950. The van der Waals surface area contributed by atoms with Crippen molar-refractivity contribution in [3.8, 4) is 0 Å². The van der Waals surface area contributed by atoms with E-state index in [1.54, 1.807) is 0 Å². The molecule has 0 heterocycles. The second-order valence-corrected chi connectivity index (χ2v) is 4.97. The normalized spacial score (nSPS) is 11.4. The van der Waals surface area contributed by atoms with Crippen LogP contribution in [-0.4, -0.2) is 0 Å². The number of aryl methyl sites for hydroxylation is 1. The Kier molecular flexibility index (Phi) is 23.7. The van der Waals surface area contributed by atoms with Crippen LogP contribution in [0, 0.1) is 6.92 Å². The van der Waals surface area contributed by atoms with E-state index >= 15 is 0 Å². The smallest absolute Gasteiger partial charge is 0.0730 e. The van der Waals surface area contributed by atoms with Gasteiger partial charge in [0.15, 0.2) is 0 Å². The van der Waals surface area contributed by atoms with Crippen LogP contribution >= 0.6 is 0 Å². The zero-order chi connectivity index (χ0) is 18.0. The molecule has 1 heteroatoms. The number of benzene rings is 1. The summed E-state index contributed by atoms with van der Waals surface area (Å²) in [5, 5.41) is 0. The van der Waals surface area contributed by atoms with Crippen molar-refractivity contribution < 1.29 is 0 Å². The highest BCUT2D eigenvalue weighted by Gasteiger charge is 1.95. The Labute approximate surface area is 146 Å². The van der Waals surface area contributed by atoms with Gasteiger partial charge in [0.25, 0.3) is 0 Å². The van der Waals surface area contributed by atoms with E-state index in [4.69, 9.17) is 0 Å². The van der Waals surface area contributed by atoms with Gasteiger partial charge in [-0.25, -0.2) is 0 Å². The van der Waals surface area contributed by atoms with Crippen molar-refractivity contribution >= 4 is 12.6 Å². The standard InChI is InChI=1S/C8H12.C7H8S.3C2H6/c1-7-3-5-8(2)6-4-7;1-6-2-4-7(8)5-3-6;3*1-2/h3,5H,4,6H2,1-2H3;2-5,8H,1H3;3*1-2H3/p+1. The van der Waals surface area contributed by atoms with Crippen LogP contribution in [0.4, 0.5) is 0 Å². The summed E-state index contributed by atoms with van der Waals surface area (Å²) < 4.78 is 0. The first-order chi connectivity index (χ1) is 10.6. The third-order valence-corrected chi connectivity index (χ3v) is 2.95. The minimum absolute atomic E-state index is 1.13. The lowest BCUT2D eigenvalue weighted by Gasteiger charge is -2.05. The van der Waals surface area contributed by atoms with Crippen LogP contribution in [0.15, 0.2) is 52.5 Å². The van der Waals surface area contributed by atoms with Crippen molar-refractivity contribution in [2.24, 2.45) is 0 Å². The van der Waals surface area contributed by atoms with Crippen molar-refractivity contribution in [3.05, 3.63) is 53.1 Å². The number of allylic oxidation sites excluding steroid dienone is 4. The van der Waals surface area contributed by atoms with Crippen molar-refractivity contribution in [1.29, 1.82) is 0 Å². The van der Waals surface area contributed by atoms with Crippen LogP contribution in [0.1, 0.15) is 73.8 Å². The van der Waals surface area contributed by atoms with Crippen LogP contribution < -0.4 is 0 Å². The lowest BCUT2D eigenvalue weighted by molar-refractivity contribution is 0.906. The predicted octanol–water partition coefficient (Wildman–Crippen LogP) is 7.12. The lowest BCUT2D eigenvalue weighted by atomic mass is 10.0. The molecule has 1 aromatic rings. The molecule has 128 valence electrons. The molecule has 0 bridgehead atoms. The van der Waals surface area contributed by atoms with Gasteiger partial charge in [0, 0.05) is 0 Å². The molecule has 1 aromatic carbocycles. The van der Waals surface area contributed by atoms with Crippen LogP contribution in [0.25, 0.3) is 0 Å². The highest BCUT2D eigenvalue weighted by Crippen LogP contribution is 2.15. The lowest BCUT2D eigenvalue weighted by Crippen LogP contribution is -1.85. The summed E-state index contributed by atoms with van der Waals surface area (Å²) in [4.78, 5) is 1.13. The zero-order valence-corrected chi connectivity index (χ0v) is 17.4. The molecule has 0 aliphatic heterocycles. The first-order valence-corrected chi connectivity index (χ1v) is 9.19. The second-order valence-electron chi connectivity index (χ2n) is 4.39. The Morgan fingerprint density at radius 3 is 1.18 bits per heavy atom. The van der Waals surface area contributed by atoms with E-state index < -0.39 is 0 Å². The summed E-state index contributed by atoms with van der Waals surface area (Å²) in [7, 11) is 0. The minimum atomic E-state index is 1.13. The van der Waals surface area contributed by atoms with E-state index in [0.717, 1.165) is 4.90 Å². The quantitative estimate of drug-likeness (QED) is 0.446. The molecule has 0 fully saturated rings. The molecule has 0 atom stereocenters. The van der Waals surface area contributed by atoms with Gasteiger partial charge >= 0.3 is 0 Å². The van der Waals surface area contributed by atoms with Crippen molar-refractivity contribution in [2.75, 3.05) is 0 Å². The average Bonchev–Trinajstić information content (AvgIpc) is 2.59. The number of hydrogen-bond donors (Lipinski definition) is 0. The first kappa shape index (κ1) is 26.0. The first-order valence-electron chi connectivity index (χ1n) is 8.69. The Balaban J connectivity index is -0.000000246. The largest absolute Gasteiger partial charge is 0.150 e. The zero-order valence-electron chi connectivity index (χ0n) is 16.4. The molecule has 22 heavy (non-hydrogen) atoms. The minimum Gasteiger partial charge on any atom is -0.0730 e. The fourth-order valence-corrected chi connectivity index (χ4v) is 1.57. The molecule has 0 spiro atoms. The topological polar surface area (TPSA) is 0 Å². The Morgan fingerprint density at radius 1 is 0.636 bits per heavy atom. The molecule has 2 rings (SSSR count). The molecule has 0 aromatic heterocycles. The van der Waals surface area contributed by atoms with Crippen molar-refractivity contribution in [2.45, 2.75) is 80.1 Å². The van der Waals surface area contributed by atoms with Crippen LogP contribution in [0.2, 0.25) is 0 Å². The molecule has 1 aliphatic carbocycles. The number of rotatable bonds is 0. The van der Waals surface area contributed by atoms with Gasteiger partial charge in [-0.2, -0.15) is 0 Å². The van der Waals surface area contributed by atoms with Gasteiger partial charge in [-0.15, -0.1) is 0 Å². The Morgan fingerprint density at radius 2 is 0.955 bits per heavy atom. The van der Waals surface area contributed by atoms with E-state index in [1.807, 2.05) is 53.7 Å². The molecule has 0 amide bonds. The molecule has 0 nitrogen and oxygen atoms in total. The van der Waals surface area contributed by atoms with Gasteiger partial charge in [0.05, 0.1) is 0 Å². The maximum atomic E-state index is 3.39. The summed E-state index contributed by atoms with van der Waals surface area (Å²) in [5.41, 5.74) is 4.32. The van der Waals surface area contributed by atoms with Gasteiger partial charge in [-0.1, -0.05) is 82.5 Å². The molecular formula is C21H39S+. The predicted molar refractivity (Wildman–Crippen MR) is 110 cm³/mol. The maximum Gasteiger partial charge on any atom is 0.150 e. The fraction of sp³-hybridized carbons (Fsp3) is 0.524. The summed E-state index contributed by atoms with van der Waals surface area (Å²) in [6.07, 6.45) is 6.95. The van der Waals surface area contributed by atoms with Gasteiger partial charge < -0.3 is 0 Å². The van der Waals surface area contributed by atoms with E-state index in [1.165, 1.54) is 29.6 Å². The van der Waals surface area contributed by atoms with E-state index in [-0.39, 0.29) is 0 Å². The van der Waals surface area contributed by atoms with E-state index in [9.17, 15) is 0 Å². The van der Waals surface area contributed by atoms with Gasteiger partial charge in [0.1, 0.15) is 4.90 Å². The van der Waals surface area contributed by atoms with Crippen molar-refractivity contribution in [3.63, 3.8) is 0 Å². The molecule has 0 unspecified atom stereocenters. The van der Waals surface area contributed by atoms with Crippen molar-refractivity contribution in [1.82, 2.24) is 0 Å². The summed E-state index contributed by atoms with van der Waals surface area (Å²) in [6, 6.07) is 8.21. The van der Waals surface area contributed by atoms with Crippen LogP contribution in [0.5, 0.6) is 0 Å². The van der Waals surface area contributed by atoms with Crippen LogP contribution in [0.3, 0.4) is 0 Å². The summed E-state index contributed by atoms with van der Waals surface area (Å²) in [5.74, 6) is 0. The highest BCUT2D eigenvalue weighted by atomic mass is 32.1. The third kappa shape index (κ3) is 17.1. The Bertz CT molecular complexity index is 344. The molecule has 0 N–H and O–H groups in total.